The highest BCUT2D eigenvalue weighted by Crippen LogP contribution is 2.37. The van der Waals surface area contributed by atoms with Gasteiger partial charge in [0, 0.05) is 30.8 Å². The maximum Gasteiger partial charge on any atom is 0.145 e. The highest BCUT2D eigenvalue weighted by atomic mass is 16.5. The summed E-state index contributed by atoms with van der Waals surface area (Å²) in [6.07, 6.45) is 12.6. The van der Waals surface area contributed by atoms with Crippen LogP contribution in [0.2, 0.25) is 0 Å². The number of carbonyl (C=O) groups is 1. The van der Waals surface area contributed by atoms with Gasteiger partial charge in [-0.1, -0.05) is 75.3 Å². The van der Waals surface area contributed by atoms with Crippen molar-refractivity contribution in [3.63, 3.8) is 0 Å². The molecule has 1 fully saturated rings. The Hall–Kier alpha value is -2.67. The summed E-state index contributed by atoms with van der Waals surface area (Å²) in [4.78, 5) is 9.41. The molecular weight excluding hydrogens is 456 g/mol. The fraction of sp³-hybridized carbons (Fsp3) is 0.500. The first-order valence-corrected chi connectivity index (χ1v) is 13.9. The van der Waals surface area contributed by atoms with Gasteiger partial charge in [-0.05, 0) is 91.8 Å². The van der Waals surface area contributed by atoms with Crippen molar-refractivity contribution in [2.24, 2.45) is 11.8 Å². The number of rotatable bonds is 11. The van der Waals surface area contributed by atoms with Crippen LogP contribution in [0.4, 0.5) is 0 Å². The van der Waals surface area contributed by atoms with Crippen LogP contribution in [0.1, 0.15) is 93.4 Å². The molecule has 2 aromatic rings. The molecule has 1 atom stereocenters. The number of aliphatic hydroxyl groups excluding tert-OH is 1. The van der Waals surface area contributed by atoms with Crippen molar-refractivity contribution in [2.75, 3.05) is 20.3 Å². The largest absolute Gasteiger partial charge is 0.396 e. The van der Waals surface area contributed by atoms with Crippen LogP contribution in [0.25, 0.3) is 0 Å². The van der Waals surface area contributed by atoms with E-state index in [4.69, 9.17) is 4.74 Å². The first-order valence-electron chi connectivity index (χ1n) is 13.9. The second-order valence-electron chi connectivity index (χ2n) is 10.5. The van der Waals surface area contributed by atoms with E-state index in [9.17, 15) is 9.90 Å². The standard InChI is InChI=1S/C30H40O2.C4H6O/c1-3-4-5-6-24-13-17-29(18-14-24)30-19-15-26(16-20-30)8-7-25-9-11-27(12-10-25)21-28(22-31)23-32-2;1-4(2)3-5/h9-12,15-16,19-20,24,28-29,31H,3-6,13-14,17-18,21-23H2,1-2H3;3H,1H2,2H3. The van der Waals surface area contributed by atoms with Crippen molar-refractivity contribution in [1.82, 2.24) is 0 Å². The number of carbonyl (C=O) groups excluding carboxylic acids is 1. The fourth-order valence-corrected chi connectivity index (χ4v) is 4.92. The van der Waals surface area contributed by atoms with E-state index in [1.807, 2.05) is 0 Å². The third kappa shape index (κ3) is 11.9. The summed E-state index contributed by atoms with van der Waals surface area (Å²) in [5.41, 5.74) is 5.36. The van der Waals surface area contributed by atoms with Gasteiger partial charge in [-0.3, -0.25) is 4.79 Å². The molecule has 1 unspecified atom stereocenters. The molecule has 0 spiro atoms. The second kappa shape index (κ2) is 17.7. The van der Waals surface area contributed by atoms with E-state index in [1.54, 1.807) is 14.0 Å². The number of aliphatic hydroxyl groups is 1. The molecule has 1 aliphatic rings. The average molecular weight is 503 g/mol. The quantitative estimate of drug-likeness (QED) is 0.150. The van der Waals surface area contributed by atoms with Gasteiger partial charge < -0.3 is 9.84 Å². The molecule has 0 heterocycles. The number of ether oxygens (including phenoxy) is 1. The van der Waals surface area contributed by atoms with Crippen LogP contribution in [0, 0.1) is 23.7 Å². The topological polar surface area (TPSA) is 46.5 Å². The lowest BCUT2D eigenvalue weighted by Crippen LogP contribution is -2.15. The zero-order valence-electron chi connectivity index (χ0n) is 23.2. The van der Waals surface area contributed by atoms with Gasteiger partial charge in [0.2, 0.25) is 0 Å². The van der Waals surface area contributed by atoms with Gasteiger partial charge in [0.15, 0.2) is 0 Å². The number of allylic oxidation sites excluding steroid dienone is 1. The Kier molecular flexibility index (Phi) is 14.6. The summed E-state index contributed by atoms with van der Waals surface area (Å²) < 4.78 is 5.17. The Morgan fingerprint density at radius 3 is 2.08 bits per heavy atom. The van der Waals surface area contributed by atoms with E-state index in [1.165, 1.54) is 62.5 Å². The molecule has 0 aromatic heterocycles. The summed E-state index contributed by atoms with van der Waals surface area (Å²) in [5.74, 6) is 8.43. The lowest BCUT2D eigenvalue weighted by Gasteiger charge is -2.29. The zero-order chi connectivity index (χ0) is 26.9. The predicted octanol–water partition coefficient (Wildman–Crippen LogP) is 7.50. The number of hydrogen-bond acceptors (Lipinski definition) is 3. The van der Waals surface area contributed by atoms with Gasteiger partial charge in [-0.15, -0.1) is 0 Å². The average Bonchev–Trinajstić information content (AvgIpc) is 2.93. The normalized spacial score (nSPS) is 17.5. The Morgan fingerprint density at radius 1 is 1.03 bits per heavy atom. The fourth-order valence-electron chi connectivity index (χ4n) is 4.92. The minimum Gasteiger partial charge on any atom is -0.396 e. The zero-order valence-corrected chi connectivity index (χ0v) is 23.2. The van der Waals surface area contributed by atoms with E-state index < -0.39 is 0 Å². The third-order valence-electron chi connectivity index (χ3n) is 7.14. The molecule has 3 nitrogen and oxygen atoms in total. The van der Waals surface area contributed by atoms with Crippen molar-refractivity contribution >= 4 is 6.29 Å². The summed E-state index contributed by atoms with van der Waals surface area (Å²) in [5, 5.41) is 9.43. The molecular formula is C34H46O3. The van der Waals surface area contributed by atoms with Crippen LogP contribution < -0.4 is 0 Å². The molecule has 3 rings (SSSR count). The van der Waals surface area contributed by atoms with Gasteiger partial charge in [0.05, 0.1) is 6.61 Å². The summed E-state index contributed by atoms with van der Waals surface area (Å²) in [6, 6.07) is 17.3. The minimum absolute atomic E-state index is 0.145. The molecule has 2 aromatic carbocycles. The lowest BCUT2D eigenvalue weighted by atomic mass is 9.77. The van der Waals surface area contributed by atoms with Crippen LogP contribution in [0.15, 0.2) is 60.7 Å². The Labute approximate surface area is 225 Å². The van der Waals surface area contributed by atoms with Crippen LogP contribution >= 0.6 is 0 Å². The Morgan fingerprint density at radius 2 is 1.59 bits per heavy atom. The number of aldehydes is 1. The lowest BCUT2D eigenvalue weighted by molar-refractivity contribution is -0.104. The molecule has 0 saturated heterocycles. The van der Waals surface area contributed by atoms with E-state index in [2.05, 4.69) is 73.9 Å². The molecule has 0 amide bonds. The molecule has 0 radical (unpaired) electrons. The first-order chi connectivity index (χ1) is 18.0. The van der Waals surface area contributed by atoms with Gasteiger partial charge >= 0.3 is 0 Å². The highest BCUT2D eigenvalue weighted by Gasteiger charge is 2.21. The van der Waals surface area contributed by atoms with Crippen LogP contribution in [-0.2, 0) is 16.0 Å². The molecule has 0 bridgehead atoms. The van der Waals surface area contributed by atoms with Crippen LogP contribution in [-0.4, -0.2) is 31.7 Å². The third-order valence-corrected chi connectivity index (χ3v) is 7.14. The van der Waals surface area contributed by atoms with Crippen LogP contribution in [0.5, 0.6) is 0 Å². The van der Waals surface area contributed by atoms with Crippen molar-refractivity contribution in [1.29, 1.82) is 0 Å². The Bertz CT molecular complexity index is 970. The summed E-state index contributed by atoms with van der Waals surface area (Å²) in [6.45, 7) is 7.98. The molecule has 37 heavy (non-hydrogen) atoms. The van der Waals surface area contributed by atoms with E-state index >= 15 is 0 Å². The Balaban J connectivity index is 0.000000877. The van der Waals surface area contributed by atoms with Gasteiger partial charge in [0.25, 0.3) is 0 Å². The second-order valence-corrected chi connectivity index (χ2v) is 10.5. The number of benzene rings is 2. The molecule has 1 N–H and O–H groups in total. The first kappa shape index (κ1) is 30.6. The number of unbranched alkanes of at least 4 members (excludes halogenated alkanes) is 2. The predicted molar refractivity (Wildman–Crippen MR) is 155 cm³/mol. The van der Waals surface area contributed by atoms with Crippen LogP contribution in [0.3, 0.4) is 0 Å². The smallest absolute Gasteiger partial charge is 0.145 e. The van der Waals surface area contributed by atoms with E-state index in [0.717, 1.165) is 35.7 Å². The molecule has 1 saturated carbocycles. The minimum atomic E-state index is 0.145. The van der Waals surface area contributed by atoms with E-state index in [0.29, 0.717) is 12.2 Å². The summed E-state index contributed by atoms with van der Waals surface area (Å²) in [7, 11) is 1.67. The molecule has 1 aliphatic carbocycles. The number of methoxy groups -OCH3 is 1. The molecule has 0 aliphatic heterocycles. The summed E-state index contributed by atoms with van der Waals surface area (Å²) >= 11 is 0. The van der Waals surface area contributed by atoms with Crippen molar-refractivity contribution in [3.8, 4) is 11.8 Å². The monoisotopic (exact) mass is 502 g/mol. The maximum atomic E-state index is 9.43. The van der Waals surface area contributed by atoms with Gasteiger partial charge in [0.1, 0.15) is 6.29 Å². The maximum absolute atomic E-state index is 9.43. The van der Waals surface area contributed by atoms with Gasteiger partial charge in [-0.25, -0.2) is 0 Å². The highest BCUT2D eigenvalue weighted by molar-refractivity contribution is 5.70. The molecule has 3 heteroatoms. The number of hydrogen-bond donors (Lipinski definition) is 1. The van der Waals surface area contributed by atoms with Crippen molar-refractivity contribution in [3.05, 3.63) is 82.9 Å². The van der Waals surface area contributed by atoms with Gasteiger partial charge in [-0.2, -0.15) is 0 Å². The SMILES string of the molecule is C=C(C)C=O.CCCCCC1CCC(c2ccc(C#Cc3ccc(CC(CO)COC)cc3)cc2)CC1. The van der Waals surface area contributed by atoms with Crippen molar-refractivity contribution < 1.29 is 14.6 Å². The van der Waals surface area contributed by atoms with E-state index in [-0.39, 0.29) is 12.5 Å². The van der Waals surface area contributed by atoms with Crippen molar-refractivity contribution in [2.45, 2.75) is 77.6 Å². The molecule has 200 valence electrons.